The van der Waals surface area contributed by atoms with Crippen molar-refractivity contribution in [1.82, 2.24) is 0 Å². The molecule has 0 spiro atoms. The molecule has 0 unspecified atom stereocenters. The van der Waals surface area contributed by atoms with Gasteiger partial charge in [0.05, 0.1) is 11.5 Å². The quantitative estimate of drug-likeness (QED) is 0.567. The van der Waals surface area contributed by atoms with Crippen molar-refractivity contribution in [3.63, 3.8) is 0 Å². The van der Waals surface area contributed by atoms with Gasteiger partial charge < -0.3 is 4.74 Å². The molecule has 0 heterocycles. The lowest BCUT2D eigenvalue weighted by Gasteiger charge is -2.11. The van der Waals surface area contributed by atoms with Gasteiger partial charge in [-0.3, -0.25) is 0 Å². The average Bonchev–Trinajstić information content (AvgIpc) is 2.50. The van der Waals surface area contributed by atoms with E-state index in [0.29, 0.717) is 0 Å². The van der Waals surface area contributed by atoms with Crippen molar-refractivity contribution in [3.05, 3.63) is 54.6 Å². The SMILES string of the molecule is CCCCCCOc1ccccc1Sc1ccccc1. The maximum atomic E-state index is 5.94. The van der Waals surface area contributed by atoms with E-state index in [-0.39, 0.29) is 0 Å². The van der Waals surface area contributed by atoms with E-state index in [4.69, 9.17) is 4.74 Å². The van der Waals surface area contributed by atoms with E-state index in [1.54, 1.807) is 11.8 Å². The molecule has 0 aliphatic carbocycles. The van der Waals surface area contributed by atoms with Gasteiger partial charge in [0.15, 0.2) is 0 Å². The first-order valence-electron chi connectivity index (χ1n) is 7.35. The Morgan fingerprint density at radius 2 is 1.60 bits per heavy atom. The second-order valence-corrected chi connectivity index (χ2v) is 5.89. The van der Waals surface area contributed by atoms with Gasteiger partial charge in [0.1, 0.15) is 5.75 Å². The molecule has 2 rings (SSSR count). The summed E-state index contributed by atoms with van der Waals surface area (Å²) < 4.78 is 5.94. The summed E-state index contributed by atoms with van der Waals surface area (Å²) in [5.41, 5.74) is 0. The third-order valence-electron chi connectivity index (χ3n) is 3.08. The first-order chi connectivity index (χ1) is 9.90. The molecule has 20 heavy (non-hydrogen) atoms. The zero-order chi connectivity index (χ0) is 14.0. The molecule has 106 valence electrons. The lowest BCUT2D eigenvalue weighted by atomic mass is 10.2. The molecular formula is C18H22OS. The maximum absolute atomic E-state index is 5.94. The summed E-state index contributed by atoms with van der Waals surface area (Å²) >= 11 is 1.76. The largest absolute Gasteiger partial charge is 0.492 e. The predicted molar refractivity (Wildman–Crippen MR) is 86.6 cm³/mol. The predicted octanol–water partition coefficient (Wildman–Crippen LogP) is 5.80. The van der Waals surface area contributed by atoms with Gasteiger partial charge in [-0.05, 0) is 30.7 Å². The Kier molecular flexibility index (Phi) is 6.52. The molecule has 0 N–H and O–H groups in total. The molecule has 0 aliphatic heterocycles. The number of benzene rings is 2. The molecule has 2 aromatic carbocycles. The molecule has 0 aromatic heterocycles. The van der Waals surface area contributed by atoms with Gasteiger partial charge in [-0.25, -0.2) is 0 Å². The summed E-state index contributed by atoms with van der Waals surface area (Å²) in [6.45, 7) is 3.04. The second kappa shape index (κ2) is 8.70. The van der Waals surface area contributed by atoms with Gasteiger partial charge in [-0.1, -0.05) is 68.3 Å². The molecule has 0 amide bonds. The summed E-state index contributed by atoms with van der Waals surface area (Å²) in [5, 5.41) is 0. The van der Waals surface area contributed by atoms with Crippen molar-refractivity contribution < 1.29 is 4.74 Å². The molecule has 1 nitrogen and oxygen atoms in total. The van der Waals surface area contributed by atoms with E-state index < -0.39 is 0 Å². The van der Waals surface area contributed by atoms with Crippen LogP contribution >= 0.6 is 11.8 Å². The molecule has 0 fully saturated rings. The van der Waals surface area contributed by atoms with Crippen molar-refractivity contribution in [2.24, 2.45) is 0 Å². The Morgan fingerprint density at radius 1 is 0.850 bits per heavy atom. The number of unbranched alkanes of at least 4 members (excludes halogenated alkanes) is 3. The highest BCUT2D eigenvalue weighted by atomic mass is 32.2. The minimum absolute atomic E-state index is 0.812. The molecule has 2 heteroatoms. The van der Waals surface area contributed by atoms with Gasteiger partial charge in [0.2, 0.25) is 0 Å². The molecule has 2 aromatic rings. The number of rotatable bonds is 8. The molecule has 0 saturated carbocycles. The number of ether oxygens (including phenoxy) is 1. The Labute approximate surface area is 126 Å². The van der Waals surface area contributed by atoms with Crippen LogP contribution < -0.4 is 4.74 Å². The Morgan fingerprint density at radius 3 is 2.40 bits per heavy atom. The van der Waals surface area contributed by atoms with Crippen LogP contribution in [0.4, 0.5) is 0 Å². The summed E-state index contributed by atoms with van der Waals surface area (Å²) in [7, 11) is 0. The fourth-order valence-electron chi connectivity index (χ4n) is 1.98. The Bertz CT molecular complexity index is 496. The lowest BCUT2D eigenvalue weighted by Crippen LogP contribution is -1.98. The van der Waals surface area contributed by atoms with Crippen LogP contribution in [0.2, 0.25) is 0 Å². The van der Waals surface area contributed by atoms with Crippen molar-refractivity contribution in [2.75, 3.05) is 6.61 Å². The zero-order valence-electron chi connectivity index (χ0n) is 12.0. The summed E-state index contributed by atoms with van der Waals surface area (Å²) in [4.78, 5) is 2.43. The fraction of sp³-hybridized carbons (Fsp3) is 0.333. The Hall–Kier alpha value is -1.41. The highest BCUT2D eigenvalue weighted by Gasteiger charge is 2.04. The van der Waals surface area contributed by atoms with Crippen molar-refractivity contribution in [1.29, 1.82) is 0 Å². The van der Waals surface area contributed by atoms with E-state index in [2.05, 4.69) is 49.4 Å². The number of para-hydroxylation sites is 1. The monoisotopic (exact) mass is 286 g/mol. The van der Waals surface area contributed by atoms with Gasteiger partial charge in [0, 0.05) is 4.90 Å². The van der Waals surface area contributed by atoms with Crippen LogP contribution in [0.15, 0.2) is 64.4 Å². The van der Waals surface area contributed by atoms with Gasteiger partial charge in [0.25, 0.3) is 0 Å². The van der Waals surface area contributed by atoms with Crippen LogP contribution in [0.25, 0.3) is 0 Å². The van der Waals surface area contributed by atoms with E-state index in [1.807, 2.05) is 12.1 Å². The van der Waals surface area contributed by atoms with Crippen LogP contribution in [-0.4, -0.2) is 6.61 Å². The first-order valence-corrected chi connectivity index (χ1v) is 8.16. The van der Waals surface area contributed by atoms with Crippen molar-refractivity contribution >= 4 is 11.8 Å². The lowest BCUT2D eigenvalue weighted by molar-refractivity contribution is 0.298. The minimum atomic E-state index is 0.812. The van der Waals surface area contributed by atoms with Crippen LogP contribution in [0.5, 0.6) is 5.75 Å². The average molecular weight is 286 g/mol. The molecular weight excluding hydrogens is 264 g/mol. The van der Waals surface area contributed by atoms with Crippen LogP contribution in [0, 0.1) is 0 Å². The number of hydrogen-bond acceptors (Lipinski definition) is 2. The van der Waals surface area contributed by atoms with Gasteiger partial charge >= 0.3 is 0 Å². The van der Waals surface area contributed by atoms with Crippen LogP contribution in [0.1, 0.15) is 32.6 Å². The Balaban J connectivity index is 1.92. The van der Waals surface area contributed by atoms with Crippen molar-refractivity contribution in [3.8, 4) is 5.75 Å². The first kappa shape index (κ1) is 15.0. The van der Waals surface area contributed by atoms with Crippen LogP contribution in [-0.2, 0) is 0 Å². The van der Waals surface area contributed by atoms with Gasteiger partial charge in [-0.2, -0.15) is 0 Å². The maximum Gasteiger partial charge on any atom is 0.133 e. The third kappa shape index (κ3) is 4.93. The smallest absolute Gasteiger partial charge is 0.133 e. The highest BCUT2D eigenvalue weighted by Crippen LogP contribution is 2.34. The summed E-state index contributed by atoms with van der Waals surface area (Å²) in [5.74, 6) is 0.998. The fourth-order valence-corrected chi connectivity index (χ4v) is 2.90. The van der Waals surface area contributed by atoms with Crippen molar-refractivity contribution in [2.45, 2.75) is 42.4 Å². The second-order valence-electron chi connectivity index (χ2n) is 4.77. The normalized spacial score (nSPS) is 10.4. The van der Waals surface area contributed by atoms with Gasteiger partial charge in [-0.15, -0.1) is 0 Å². The minimum Gasteiger partial charge on any atom is -0.492 e. The standard InChI is InChI=1S/C18H22OS/c1-2-3-4-10-15-19-17-13-8-9-14-18(17)20-16-11-6-5-7-12-16/h5-9,11-14H,2-4,10,15H2,1H3. The molecule has 0 aliphatic rings. The van der Waals surface area contributed by atoms with E-state index in [1.165, 1.54) is 29.1 Å². The number of hydrogen-bond donors (Lipinski definition) is 0. The third-order valence-corrected chi connectivity index (χ3v) is 4.14. The summed E-state index contributed by atoms with van der Waals surface area (Å²) in [6.07, 6.45) is 4.95. The zero-order valence-corrected chi connectivity index (χ0v) is 12.9. The molecule has 0 radical (unpaired) electrons. The summed E-state index contributed by atoms with van der Waals surface area (Å²) in [6, 6.07) is 18.7. The highest BCUT2D eigenvalue weighted by molar-refractivity contribution is 7.99. The molecule has 0 atom stereocenters. The van der Waals surface area contributed by atoms with E-state index in [9.17, 15) is 0 Å². The topological polar surface area (TPSA) is 9.23 Å². The van der Waals surface area contributed by atoms with Crippen LogP contribution in [0.3, 0.4) is 0 Å². The van der Waals surface area contributed by atoms with E-state index in [0.717, 1.165) is 18.8 Å². The molecule has 0 bridgehead atoms. The molecule has 0 saturated heterocycles. The van der Waals surface area contributed by atoms with E-state index >= 15 is 0 Å².